The molecule has 0 spiro atoms. The minimum absolute atomic E-state index is 0.199. The Morgan fingerprint density at radius 1 is 1.03 bits per heavy atom. The number of carbonyl (C=O) groups is 1. The van der Waals surface area contributed by atoms with Gasteiger partial charge in [0.15, 0.2) is 5.82 Å². The third-order valence-corrected chi connectivity index (χ3v) is 4.26. The summed E-state index contributed by atoms with van der Waals surface area (Å²) < 4.78 is 7.09. The second-order valence-electron chi connectivity index (χ2n) is 6.59. The molecule has 8 heteroatoms. The normalized spacial score (nSPS) is 10.7. The number of aryl methyl sites for hydroxylation is 3. The highest BCUT2D eigenvalue weighted by molar-refractivity contribution is 6.05. The van der Waals surface area contributed by atoms with Gasteiger partial charge in [-0.1, -0.05) is 0 Å². The number of hydrogen-bond donors (Lipinski definition) is 2. The topological polar surface area (TPSA) is 97.9 Å². The van der Waals surface area contributed by atoms with Crippen LogP contribution in [0.3, 0.4) is 0 Å². The van der Waals surface area contributed by atoms with E-state index in [4.69, 9.17) is 4.42 Å². The van der Waals surface area contributed by atoms with Gasteiger partial charge in [-0.2, -0.15) is 5.10 Å². The van der Waals surface area contributed by atoms with Crippen LogP contribution in [0.5, 0.6) is 0 Å². The van der Waals surface area contributed by atoms with Gasteiger partial charge in [-0.15, -0.1) is 0 Å². The fraction of sp³-hybridized carbons (Fsp3) is 0.143. The fourth-order valence-corrected chi connectivity index (χ4v) is 2.98. The predicted octanol–water partition coefficient (Wildman–Crippen LogP) is 4.18. The third-order valence-electron chi connectivity index (χ3n) is 4.26. The van der Waals surface area contributed by atoms with Crippen LogP contribution in [-0.2, 0) is 0 Å². The van der Waals surface area contributed by atoms with E-state index >= 15 is 0 Å². The summed E-state index contributed by atoms with van der Waals surface area (Å²) in [6, 6.07) is 12.8. The van der Waals surface area contributed by atoms with Gasteiger partial charge in [-0.3, -0.25) is 4.79 Å². The fourth-order valence-electron chi connectivity index (χ4n) is 2.98. The van der Waals surface area contributed by atoms with Gasteiger partial charge in [-0.05, 0) is 57.2 Å². The number of anilines is 3. The lowest BCUT2D eigenvalue weighted by molar-refractivity contribution is 0.102. The molecule has 2 N–H and O–H groups in total. The molecule has 1 amide bonds. The van der Waals surface area contributed by atoms with E-state index in [0.717, 1.165) is 5.69 Å². The molecule has 0 aliphatic carbocycles. The van der Waals surface area contributed by atoms with Crippen LogP contribution >= 0.6 is 0 Å². The second kappa shape index (κ2) is 7.59. The summed E-state index contributed by atoms with van der Waals surface area (Å²) in [5.74, 6) is 3.08. The monoisotopic (exact) mass is 388 g/mol. The number of amides is 1. The minimum Gasteiger partial charge on any atom is -0.466 e. The molecule has 0 bridgehead atoms. The Balaban J connectivity index is 1.47. The van der Waals surface area contributed by atoms with Gasteiger partial charge >= 0.3 is 0 Å². The zero-order valence-corrected chi connectivity index (χ0v) is 16.3. The highest BCUT2D eigenvalue weighted by atomic mass is 16.3. The van der Waals surface area contributed by atoms with Crippen LogP contribution in [0.1, 0.15) is 27.7 Å². The number of nitrogens with one attached hydrogen (secondary N) is 2. The molecule has 4 aromatic rings. The lowest BCUT2D eigenvalue weighted by Gasteiger charge is -2.10. The lowest BCUT2D eigenvalue weighted by atomic mass is 10.2. The zero-order chi connectivity index (χ0) is 20.4. The van der Waals surface area contributed by atoms with Crippen molar-refractivity contribution in [3.05, 3.63) is 77.8 Å². The van der Waals surface area contributed by atoms with Crippen molar-refractivity contribution in [3.63, 3.8) is 0 Å². The number of nitrogens with zero attached hydrogens (tertiary/aromatic N) is 4. The molecule has 4 rings (SSSR count). The maximum atomic E-state index is 12.4. The Hall–Kier alpha value is -3.94. The largest absolute Gasteiger partial charge is 0.466 e. The summed E-state index contributed by atoms with van der Waals surface area (Å²) in [6.45, 7) is 5.42. The van der Waals surface area contributed by atoms with Crippen molar-refractivity contribution >= 4 is 23.1 Å². The maximum Gasteiger partial charge on any atom is 0.259 e. The van der Waals surface area contributed by atoms with Gasteiger partial charge < -0.3 is 15.1 Å². The van der Waals surface area contributed by atoms with Crippen molar-refractivity contribution in [1.29, 1.82) is 0 Å². The highest BCUT2D eigenvalue weighted by Crippen LogP contribution is 2.21. The molecule has 29 heavy (non-hydrogen) atoms. The third kappa shape index (κ3) is 4.16. The smallest absolute Gasteiger partial charge is 0.259 e. The van der Waals surface area contributed by atoms with Gasteiger partial charge in [0.05, 0.1) is 5.56 Å². The van der Waals surface area contributed by atoms with E-state index in [9.17, 15) is 4.79 Å². The molecule has 0 aliphatic rings. The Morgan fingerprint density at radius 3 is 2.45 bits per heavy atom. The molecule has 0 saturated carbocycles. The Kier molecular flexibility index (Phi) is 4.82. The van der Waals surface area contributed by atoms with Crippen LogP contribution < -0.4 is 10.6 Å². The van der Waals surface area contributed by atoms with E-state index < -0.39 is 0 Å². The summed E-state index contributed by atoms with van der Waals surface area (Å²) in [7, 11) is 0. The van der Waals surface area contributed by atoms with Gasteiger partial charge in [0, 0.05) is 29.8 Å². The van der Waals surface area contributed by atoms with Crippen LogP contribution in [0.2, 0.25) is 0 Å². The van der Waals surface area contributed by atoms with Gasteiger partial charge in [0.2, 0.25) is 0 Å². The average Bonchev–Trinajstić information content (AvgIpc) is 3.32. The van der Waals surface area contributed by atoms with E-state index in [1.165, 1.54) is 0 Å². The van der Waals surface area contributed by atoms with Crippen LogP contribution in [0, 0.1) is 20.8 Å². The molecule has 0 fully saturated rings. The van der Waals surface area contributed by atoms with Crippen molar-refractivity contribution in [2.24, 2.45) is 0 Å². The van der Waals surface area contributed by atoms with Crippen molar-refractivity contribution in [1.82, 2.24) is 19.7 Å². The molecule has 0 saturated heterocycles. The van der Waals surface area contributed by atoms with Crippen molar-refractivity contribution in [3.8, 4) is 5.82 Å². The molecule has 8 nitrogen and oxygen atoms in total. The van der Waals surface area contributed by atoms with E-state index in [1.54, 1.807) is 23.9 Å². The van der Waals surface area contributed by atoms with Crippen LogP contribution in [0.25, 0.3) is 5.82 Å². The quantitative estimate of drug-likeness (QED) is 0.532. The van der Waals surface area contributed by atoms with Crippen LogP contribution in [0.15, 0.2) is 59.3 Å². The van der Waals surface area contributed by atoms with E-state index in [0.29, 0.717) is 40.2 Å². The molecule has 146 valence electrons. The average molecular weight is 388 g/mol. The van der Waals surface area contributed by atoms with Crippen molar-refractivity contribution in [2.45, 2.75) is 20.8 Å². The number of benzene rings is 1. The summed E-state index contributed by atoms with van der Waals surface area (Å²) in [4.78, 5) is 21.2. The summed E-state index contributed by atoms with van der Waals surface area (Å²) >= 11 is 0. The molecule has 3 aromatic heterocycles. The lowest BCUT2D eigenvalue weighted by Crippen LogP contribution is -2.12. The first-order chi connectivity index (χ1) is 14.0. The molecule has 3 heterocycles. The summed E-state index contributed by atoms with van der Waals surface area (Å²) in [5, 5.41) is 10.3. The Bertz CT molecular complexity index is 1150. The van der Waals surface area contributed by atoms with Gasteiger partial charge in [0.25, 0.3) is 5.91 Å². The van der Waals surface area contributed by atoms with Crippen LogP contribution in [0.4, 0.5) is 17.2 Å². The molecule has 0 atom stereocenters. The van der Waals surface area contributed by atoms with E-state index in [1.807, 2.05) is 56.4 Å². The van der Waals surface area contributed by atoms with E-state index in [-0.39, 0.29) is 5.91 Å². The van der Waals surface area contributed by atoms with Gasteiger partial charge in [0.1, 0.15) is 23.2 Å². The van der Waals surface area contributed by atoms with E-state index in [2.05, 4.69) is 25.7 Å². The minimum atomic E-state index is -0.199. The summed E-state index contributed by atoms with van der Waals surface area (Å²) in [6.07, 6.45) is 3.52. The number of carbonyl (C=O) groups excluding carboxylic acids is 1. The Labute approximate surface area is 167 Å². The predicted molar refractivity (Wildman–Crippen MR) is 110 cm³/mol. The molecule has 0 aliphatic heterocycles. The molecule has 0 radical (unpaired) electrons. The van der Waals surface area contributed by atoms with Gasteiger partial charge in [-0.25, -0.2) is 14.6 Å². The highest BCUT2D eigenvalue weighted by Gasteiger charge is 2.13. The number of aromatic nitrogens is 4. The second-order valence-corrected chi connectivity index (χ2v) is 6.59. The SMILES string of the molecule is Cc1nc(Nc2ccc(NC(=O)c3cc(C)oc3C)cc2)cc(-n2cccn2)n1. The first-order valence-corrected chi connectivity index (χ1v) is 9.09. The summed E-state index contributed by atoms with van der Waals surface area (Å²) in [5.41, 5.74) is 2.06. The molecule has 0 unspecified atom stereocenters. The van der Waals surface area contributed by atoms with Crippen LogP contribution in [-0.4, -0.2) is 25.7 Å². The van der Waals surface area contributed by atoms with Crippen molar-refractivity contribution in [2.75, 3.05) is 10.6 Å². The molecule has 1 aromatic carbocycles. The first kappa shape index (κ1) is 18.4. The standard InChI is InChI=1S/C21H20N6O2/c1-13-11-18(14(2)29-13)21(28)26-17-7-5-16(6-8-17)25-19-12-20(24-15(3)23-19)27-10-4-9-22-27/h4-12H,1-3H3,(H,26,28)(H,23,24,25). The first-order valence-electron chi connectivity index (χ1n) is 9.09. The Morgan fingerprint density at radius 2 is 1.79 bits per heavy atom. The number of hydrogen-bond acceptors (Lipinski definition) is 6. The van der Waals surface area contributed by atoms with Crippen molar-refractivity contribution < 1.29 is 9.21 Å². The molecular formula is C21H20N6O2. The molecular weight excluding hydrogens is 368 g/mol. The number of furan rings is 1. The maximum absolute atomic E-state index is 12.4. The number of rotatable bonds is 5. The zero-order valence-electron chi connectivity index (χ0n) is 16.3.